The number of furan rings is 1. The third-order valence-corrected chi connectivity index (χ3v) is 5.35. The highest BCUT2D eigenvalue weighted by molar-refractivity contribution is 9.10. The topological polar surface area (TPSA) is 74.8 Å². The van der Waals surface area contributed by atoms with Crippen molar-refractivity contribution in [3.8, 4) is 11.3 Å². The second-order valence-corrected chi connectivity index (χ2v) is 7.77. The summed E-state index contributed by atoms with van der Waals surface area (Å²) in [6.07, 6.45) is 1.40. The van der Waals surface area contributed by atoms with E-state index in [0.717, 1.165) is 10.0 Å². The van der Waals surface area contributed by atoms with Crippen LogP contribution in [0.3, 0.4) is 0 Å². The zero-order valence-electron chi connectivity index (χ0n) is 16.4. The quantitative estimate of drug-likeness (QED) is 0.301. The van der Waals surface area contributed by atoms with Crippen molar-refractivity contribution < 1.29 is 14.3 Å². The van der Waals surface area contributed by atoms with Gasteiger partial charge in [-0.1, -0.05) is 88.7 Å². The maximum atomic E-state index is 13.0. The summed E-state index contributed by atoms with van der Waals surface area (Å²) >= 11 is 3.41. The predicted molar refractivity (Wildman–Crippen MR) is 123 cm³/mol. The van der Waals surface area contributed by atoms with Crippen LogP contribution in [0.4, 0.5) is 0 Å². The smallest absolute Gasteiger partial charge is 0.281 e. The van der Waals surface area contributed by atoms with Gasteiger partial charge in [-0.25, -0.2) is 5.43 Å². The van der Waals surface area contributed by atoms with Crippen LogP contribution in [0.1, 0.15) is 16.9 Å². The molecule has 154 valence electrons. The van der Waals surface area contributed by atoms with E-state index in [9.17, 15) is 9.90 Å². The molecule has 6 heteroatoms. The number of carbonyl (C=O) groups is 1. The minimum Gasteiger partial charge on any atom is -0.455 e. The van der Waals surface area contributed by atoms with Crippen molar-refractivity contribution >= 4 is 28.1 Å². The van der Waals surface area contributed by atoms with Crippen LogP contribution >= 0.6 is 15.9 Å². The number of hydrogen-bond acceptors (Lipinski definition) is 4. The highest BCUT2D eigenvalue weighted by atomic mass is 79.9. The second-order valence-electron chi connectivity index (χ2n) is 6.85. The van der Waals surface area contributed by atoms with Gasteiger partial charge in [0.05, 0.1) is 6.21 Å². The molecule has 5 nitrogen and oxygen atoms in total. The number of nitrogens with one attached hydrogen (secondary N) is 1. The fourth-order valence-electron chi connectivity index (χ4n) is 3.21. The monoisotopic (exact) mass is 474 g/mol. The number of aliphatic hydroxyl groups is 1. The van der Waals surface area contributed by atoms with Crippen molar-refractivity contribution in [3.63, 3.8) is 0 Å². The van der Waals surface area contributed by atoms with Gasteiger partial charge in [0, 0.05) is 10.0 Å². The minimum atomic E-state index is -1.88. The fraction of sp³-hybridized carbons (Fsp3) is 0.0400. The molecule has 0 aliphatic heterocycles. The summed E-state index contributed by atoms with van der Waals surface area (Å²) < 4.78 is 6.75. The SMILES string of the molecule is O=C(N/N=C/c1ccc(-c2ccc(Br)cc2)o1)C(O)(c1ccccc1)c1ccccc1. The lowest BCUT2D eigenvalue weighted by molar-refractivity contribution is -0.136. The minimum absolute atomic E-state index is 0.449. The maximum Gasteiger partial charge on any atom is 0.281 e. The molecule has 0 atom stereocenters. The normalized spacial score (nSPS) is 11.5. The van der Waals surface area contributed by atoms with Gasteiger partial charge in [-0.2, -0.15) is 5.10 Å². The van der Waals surface area contributed by atoms with Crippen LogP contribution in [0.2, 0.25) is 0 Å². The van der Waals surface area contributed by atoms with E-state index < -0.39 is 11.5 Å². The number of hydrazone groups is 1. The maximum absolute atomic E-state index is 13.0. The first kappa shape index (κ1) is 20.8. The Morgan fingerprint density at radius 1 is 0.871 bits per heavy atom. The van der Waals surface area contributed by atoms with Gasteiger partial charge in [0.15, 0.2) is 5.60 Å². The second kappa shape index (κ2) is 9.12. The first-order valence-electron chi connectivity index (χ1n) is 9.60. The van der Waals surface area contributed by atoms with Crippen LogP contribution in [0.15, 0.2) is 111 Å². The van der Waals surface area contributed by atoms with E-state index in [1.54, 1.807) is 54.6 Å². The van der Waals surface area contributed by atoms with Crippen molar-refractivity contribution in [2.75, 3.05) is 0 Å². The van der Waals surface area contributed by atoms with Gasteiger partial charge in [-0.05, 0) is 35.4 Å². The zero-order valence-corrected chi connectivity index (χ0v) is 18.0. The molecular formula is C25H19BrN2O3. The summed E-state index contributed by atoms with van der Waals surface area (Å²) in [5.74, 6) is 0.493. The van der Waals surface area contributed by atoms with Gasteiger partial charge >= 0.3 is 0 Å². The molecule has 0 spiro atoms. The van der Waals surface area contributed by atoms with Crippen molar-refractivity contribution in [1.82, 2.24) is 5.43 Å². The molecule has 3 aromatic carbocycles. The van der Waals surface area contributed by atoms with Gasteiger partial charge in [0.1, 0.15) is 11.5 Å². The lowest BCUT2D eigenvalue weighted by Gasteiger charge is -2.26. The molecule has 0 bridgehead atoms. The molecule has 1 heterocycles. The molecule has 2 N–H and O–H groups in total. The third kappa shape index (κ3) is 4.50. The number of carbonyl (C=O) groups excluding carboxylic acids is 1. The molecule has 0 aliphatic carbocycles. The number of hydrogen-bond donors (Lipinski definition) is 2. The van der Waals surface area contributed by atoms with Crippen molar-refractivity contribution in [1.29, 1.82) is 0 Å². The number of amides is 1. The molecule has 0 aliphatic rings. The van der Waals surface area contributed by atoms with Gasteiger partial charge in [0.25, 0.3) is 5.91 Å². The van der Waals surface area contributed by atoms with Crippen LogP contribution in [0.5, 0.6) is 0 Å². The standard InChI is InChI=1S/C25H19BrN2O3/c26-21-13-11-18(12-14-21)23-16-15-22(31-23)17-27-28-24(29)25(30,19-7-3-1-4-8-19)20-9-5-2-6-10-20/h1-17,30H,(H,28,29)/b27-17+. The van der Waals surface area contributed by atoms with Gasteiger partial charge in [0.2, 0.25) is 0 Å². The number of rotatable bonds is 6. The summed E-state index contributed by atoms with van der Waals surface area (Å²) in [5, 5.41) is 15.4. The van der Waals surface area contributed by atoms with E-state index in [4.69, 9.17) is 4.42 Å². The lowest BCUT2D eigenvalue weighted by Crippen LogP contribution is -2.43. The first-order chi connectivity index (χ1) is 15.1. The Kier molecular flexibility index (Phi) is 6.11. The number of halogens is 1. The Morgan fingerprint density at radius 2 is 1.45 bits per heavy atom. The molecule has 31 heavy (non-hydrogen) atoms. The molecule has 4 rings (SSSR count). The Hall–Kier alpha value is -3.48. The highest BCUT2D eigenvalue weighted by Gasteiger charge is 2.39. The number of nitrogens with zero attached hydrogens (tertiary/aromatic N) is 1. The predicted octanol–water partition coefficient (Wildman–Crippen LogP) is 5.10. The van der Waals surface area contributed by atoms with Crippen molar-refractivity contribution in [2.24, 2.45) is 5.10 Å². The summed E-state index contributed by atoms with van der Waals surface area (Å²) in [5.41, 5.74) is 2.38. The first-order valence-corrected chi connectivity index (χ1v) is 10.4. The molecular weight excluding hydrogens is 456 g/mol. The van der Waals surface area contributed by atoms with Crippen LogP contribution < -0.4 is 5.43 Å². The van der Waals surface area contributed by atoms with Gasteiger partial charge < -0.3 is 9.52 Å². The average Bonchev–Trinajstić information content (AvgIpc) is 3.29. The van der Waals surface area contributed by atoms with Gasteiger partial charge in [-0.15, -0.1) is 0 Å². The highest BCUT2D eigenvalue weighted by Crippen LogP contribution is 2.30. The Bertz CT molecular complexity index is 1150. The molecule has 0 fully saturated rings. The molecule has 0 saturated heterocycles. The average molecular weight is 475 g/mol. The van der Waals surface area contributed by atoms with Crippen LogP contribution in [-0.2, 0) is 10.4 Å². The Balaban J connectivity index is 1.54. The van der Waals surface area contributed by atoms with E-state index in [-0.39, 0.29) is 0 Å². The number of benzene rings is 3. The molecule has 0 radical (unpaired) electrons. The molecule has 4 aromatic rings. The third-order valence-electron chi connectivity index (χ3n) is 4.83. The molecule has 1 aromatic heterocycles. The van der Waals surface area contributed by atoms with E-state index >= 15 is 0 Å². The Labute approximate surface area is 188 Å². The van der Waals surface area contributed by atoms with Gasteiger partial charge in [-0.3, -0.25) is 4.79 Å². The van der Waals surface area contributed by atoms with Crippen molar-refractivity contribution in [2.45, 2.75) is 5.60 Å². The molecule has 0 saturated carbocycles. The van der Waals surface area contributed by atoms with E-state index in [1.165, 1.54) is 6.21 Å². The lowest BCUT2D eigenvalue weighted by atomic mass is 9.85. The molecule has 1 amide bonds. The fourth-order valence-corrected chi connectivity index (χ4v) is 3.48. The molecule has 0 unspecified atom stereocenters. The van der Waals surface area contributed by atoms with E-state index in [1.807, 2.05) is 42.5 Å². The Morgan fingerprint density at radius 3 is 2.03 bits per heavy atom. The summed E-state index contributed by atoms with van der Waals surface area (Å²) in [6.45, 7) is 0. The summed E-state index contributed by atoms with van der Waals surface area (Å²) in [4.78, 5) is 13.0. The largest absolute Gasteiger partial charge is 0.455 e. The summed E-state index contributed by atoms with van der Waals surface area (Å²) in [6, 6.07) is 28.9. The van der Waals surface area contributed by atoms with Crippen molar-refractivity contribution in [3.05, 3.63) is 118 Å². The van der Waals surface area contributed by atoms with E-state index in [0.29, 0.717) is 22.6 Å². The van der Waals surface area contributed by atoms with Crippen LogP contribution in [0.25, 0.3) is 11.3 Å². The van der Waals surface area contributed by atoms with Crippen LogP contribution in [-0.4, -0.2) is 17.2 Å². The summed E-state index contributed by atoms with van der Waals surface area (Å²) in [7, 11) is 0. The zero-order chi connectivity index (χ0) is 21.7. The van der Waals surface area contributed by atoms with E-state index in [2.05, 4.69) is 26.5 Å². The van der Waals surface area contributed by atoms with Crippen LogP contribution in [0, 0.1) is 0 Å².